The fourth-order valence-corrected chi connectivity index (χ4v) is 2.93. The van der Waals surface area contributed by atoms with E-state index in [4.69, 9.17) is 13.9 Å². The van der Waals surface area contributed by atoms with Crippen molar-refractivity contribution in [3.05, 3.63) is 70.4 Å². The topological polar surface area (TPSA) is 130 Å². The molecular weight excluding hydrogens is 477 g/mol. The number of non-ortho nitro benzene ring substituents is 1. The molecule has 1 aromatic carbocycles. The van der Waals surface area contributed by atoms with Crippen LogP contribution in [-0.2, 0) is 16.1 Å². The molecule has 1 amide bonds. The number of carbonyl (C=O) groups is 2. The van der Waals surface area contributed by atoms with Gasteiger partial charge in [0.15, 0.2) is 12.4 Å². The number of furan rings is 1. The van der Waals surface area contributed by atoms with E-state index in [1.165, 1.54) is 48.9 Å². The fraction of sp³-hybridized carbons (Fsp3) is 0.286. The summed E-state index contributed by atoms with van der Waals surface area (Å²) in [4.78, 5) is 35.6. The lowest BCUT2D eigenvalue weighted by Crippen LogP contribution is -2.40. The van der Waals surface area contributed by atoms with Gasteiger partial charge in [-0.3, -0.25) is 14.9 Å². The van der Waals surface area contributed by atoms with Gasteiger partial charge in [-0.15, -0.1) is 0 Å². The second kappa shape index (κ2) is 10.7. The standard InChI is InChI=1S/C21H19F3N4O7/c1-2-33-20(30)19-17(11-27(25-19)14-5-7-15(8-6-14)28(31)32)35-12-18(29)26(13-21(22,23)24)10-16-4-3-9-34-16/h3-9,11H,2,10,12-13H2,1H3. The quantitative estimate of drug-likeness (QED) is 0.237. The number of esters is 1. The van der Waals surface area contributed by atoms with Crippen LogP contribution in [0.2, 0.25) is 0 Å². The van der Waals surface area contributed by atoms with Crippen LogP contribution in [0.3, 0.4) is 0 Å². The number of ether oxygens (including phenoxy) is 2. The number of hydrogen-bond donors (Lipinski definition) is 0. The smallest absolute Gasteiger partial charge is 0.406 e. The molecule has 2 heterocycles. The first kappa shape index (κ1) is 25.3. The number of rotatable bonds is 10. The van der Waals surface area contributed by atoms with Crippen LogP contribution in [0, 0.1) is 10.1 Å². The van der Waals surface area contributed by atoms with E-state index in [2.05, 4.69) is 5.10 Å². The molecule has 0 bridgehead atoms. The average Bonchev–Trinajstić information content (AvgIpc) is 3.46. The fourth-order valence-electron chi connectivity index (χ4n) is 2.93. The van der Waals surface area contributed by atoms with Crippen LogP contribution in [-0.4, -0.2) is 57.4 Å². The lowest BCUT2D eigenvalue weighted by atomic mass is 10.3. The monoisotopic (exact) mass is 496 g/mol. The van der Waals surface area contributed by atoms with E-state index in [0.717, 1.165) is 4.68 Å². The van der Waals surface area contributed by atoms with Gasteiger partial charge in [-0.2, -0.15) is 18.3 Å². The molecule has 2 aromatic heterocycles. The Morgan fingerprint density at radius 2 is 1.94 bits per heavy atom. The highest BCUT2D eigenvalue weighted by Gasteiger charge is 2.34. The number of nitrogens with zero attached hydrogens (tertiary/aromatic N) is 4. The first-order valence-electron chi connectivity index (χ1n) is 10.1. The summed E-state index contributed by atoms with van der Waals surface area (Å²) in [5.41, 5.74) is -0.180. The molecule has 0 aliphatic carbocycles. The van der Waals surface area contributed by atoms with Crippen LogP contribution in [0.15, 0.2) is 53.3 Å². The Balaban J connectivity index is 1.81. The maximum Gasteiger partial charge on any atom is 0.406 e. The van der Waals surface area contributed by atoms with Crippen molar-refractivity contribution >= 4 is 17.6 Å². The van der Waals surface area contributed by atoms with Crippen LogP contribution in [0.25, 0.3) is 5.69 Å². The van der Waals surface area contributed by atoms with Gasteiger partial charge >= 0.3 is 12.1 Å². The summed E-state index contributed by atoms with van der Waals surface area (Å²) in [5, 5.41) is 14.9. The number of carbonyl (C=O) groups excluding carboxylic acids is 2. The highest BCUT2D eigenvalue weighted by molar-refractivity contribution is 5.90. The van der Waals surface area contributed by atoms with Crippen LogP contribution >= 0.6 is 0 Å². The summed E-state index contributed by atoms with van der Waals surface area (Å²) in [6, 6.07) is 8.06. The Hall–Kier alpha value is -4.36. The minimum Gasteiger partial charge on any atom is -0.480 e. The van der Waals surface area contributed by atoms with Crippen LogP contribution in [0.4, 0.5) is 18.9 Å². The Labute approximate surface area is 195 Å². The second-order valence-electron chi connectivity index (χ2n) is 7.01. The molecule has 0 N–H and O–H groups in total. The molecular formula is C21H19F3N4O7. The molecule has 0 saturated carbocycles. The third-order valence-electron chi connectivity index (χ3n) is 4.48. The van der Waals surface area contributed by atoms with Crippen molar-refractivity contribution in [3.63, 3.8) is 0 Å². The zero-order valence-corrected chi connectivity index (χ0v) is 18.2. The van der Waals surface area contributed by atoms with E-state index in [0.29, 0.717) is 10.6 Å². The van der Waals surface area contributed by atoms with Gasteiger partial charge in [-0.05, 0) is 31.2 Å². The Bertz CT molecular complexity index is 1170. The number of nitro benzene ring substituents is 1. The second-order valence-corrected chi connectivity index (χ2v) is 7.01. The molecule has 186 valence electrons. The lowest BCUT2D eigenvalue weighted by molar-refractivity contribution is -0.384. The zero-order valence-electron chi connectivity index (χ0n) is 18.2. The van der Waals surface area contributed by atoms with E-state index in [-0.39, 0.29) is 29.5 Å². The molecule has 0 radical (unpaired) electrons. The molecule has 0 atom stereocenters. The van der Waals surface area contributed by atoms with Crippen LogP contribution < -0.4 is 4.74 Å². The number of benzene rings is 1. The molecule has 0 saturated heterocycles. The Kier molecular flexibility index (Phi) is 7.73. The Morgan fingerprint density at radius 3 is 2.51 bits per heavy atom. The number of alkyl halides is 3. The molecule has 3 aromatic rings. The SMILES string of the molecule is CCOC(=O)c1nn(-c2ccc([N+](=O)[O-])cc2)cc1OCC(=O)N(Cc1ccco1)CC(F)(F)F. The summed E-state index contributed by atoms with van der Waals surface area (Å²) in [5.74, 6) is -1.99. The first-order valence-corrected chi connectivity index (χ1v) is 10.1. The summed E-state index contributed by atoms with van der Waals surface area (Å²) in [6.07, 6.45) is -2.19. The molecule has 0 aliphatic rings. The average molecular weight is 496 g/mol. The van der Waals surface area contributed by atoms with Crippen LogP contribution in [0.1, 0.15) is 23.2 Å². The predicted molar refractivity (Wildman–Crippen MR) is 112 cm³/mol. The van der Waals surface area contributed by atoms with Crippen molar-refractivity contribution < 1.29 is 41.6 Å². The first-order chi connectivity index (χ1) is 16.6. The van der Waals surface area contributed by atoms with Gasteiger partial charge in [0.2, 0.25) is 5.69 Å². The van der Waals surface area contributed by atoms with Gasteiger partial charge in [0.05, 0.1) is 36.2 Å². The van der Waals surface area contributed by atoms with Crippen molar-refractivity contribution in [2.24, 2.45) is 0 Å². The van der Waals surface area contributed by atoms with Gasteiger partial charge in [0, 0.05) is 12.1 Å². The van der Waals surface area contributed by atoms with Crippen molar-refractivity contribution in [2.45, 2.75) is 19.6 Å². The highest BCUT2D eigenvalue weighted by Crippen LogP contribution is 2.23. The third-order valence-corrected chi connectivity index (χ3v) is 4.48. The van der Waals surface area contributed by atoms with E-state index in [9.17, 15) is 32.9 Å². The number of aromatic nitrogens is 2. The number of amides is 1. The summed E-state index contributed by atoms with van der Waals surface area (Å²) >= 11 is 0. The third kappa shape index (κ3) is 6.82. The van der Waals surface area contributed by atoms with Gasteiger partial charge in [0.1, 0.15) is 12.3 Å². The minimum absolute atomic E-state index is 0.00407. The van der Waals surface area contributed by atoms with E-state index >= 15 is 0 Å². The molecule has 14 heteroatoms. The van der Waals surface area contributed by atoms with Crippen molar-refractivity contribution in [2.75, 3.05) is 19.8 Å². The largest absolute Gasteiger partial charge is 0.480 e. The molecule has 0 unspecified atom stereocenters. The zero-order chi connectivity index (χ0) is 25.6. The lowest BCUT2D eigenvalue weighted by Gasteiger charge is -2.23. The summed E-state index contributed by atoms with van der Waals surface area (Å²) in [7, 11) is 0. The van der Waals surface area contributed by atoms with Crippen molar-refractivity contribution in [1.82, 2.24) is 14.7 Å². The van der Waals surface area contributed by atoms with Gasteiger partial charge in [-0.1, -0.05) is 0 Å². The molecule has 0 aliphatic heterocycles. The van der Waals surface area contributed by atoms with Crippen molar-refractivity contribution in [3.8, 4) is 11.4 Å². The van der Waals surface area contributed by atoms with Gasteiger partial charge < -0.3 is 18.8 Å². The predicted octanol–water partition coefficient (Wildman–Crippen LogP) is 3.52. The van der Waals surface area contributed by atoms with E-state index in [1.807, 2.05) is 0 Å². The maximum absolute atomic E-state index is 13.0. The minimum atomic E-state index is -4.67. The highest BCUT2D eigenvalue weighted by atomic mass is 19.4. The summed E-state index contributed by atoms with van der Waals surface area (Å²) in [6.45, 7) is -1.26. The number of halogens is 3. The van der Waals surface area contributed by atoms with Crippen LogP contribution in [0.5, 0.6) is 5.75 Å². The molecule has 0 fully saturated rings. The molecule has 0 spiro atoms. The Morgan fingerprint density at radius 1 is 1.23 bits per heavy atom. The molecule has 11 nitrogen and oxygen atoms in total. The van der Waals surface area contributed by atoms with Gasteiger partial charge in [-0.25, -0.2) is 9.48 Å². The van der Waals surface area contributed by atoms with Crippen molar-refractivity contribution in [1.29, 1.82) is 0 Å². The van der Waals surface area contributed by atoms with E-state index < -0.39 is 42.7 Å². The molecule has 3 rings (SSSR count). The molecule has 35 heavy (non-hydrogen) atoms. The number of hydrogen-bond acceptors (Lipinski definition) is 8. The van der Waals surface area contributed by atoms with Gasteiger partial charge in [0.25, 0.3) is 11.6 Å². The van der Waals surface area contributed by atoms with E-state index in [1.54, 1.807) is 6.92 Å². The maximum atomic E-state index is 13.0. The summed E-state index contributed by atoms with van der Waals surface area (Å²) < 4.78 is 55.5. The number of nitro groups is 1. The normalized spacial score (nSPS) is 11.2.